The molecule has 8 nitrogen and oxygen atoms in total. The number of fused-ring (bicyclic) bond motifs is 1. The standard InChI is InChI=1S/C21H28N4O4/c1-12-10-24(20(26)29-21(4,5)6)13(2)8-15(12)16-11-23(7)19-18(16)14(3)17(9-22-19)25(27)28/h8-9,11-13H,10H2,1-7H3. The highest BCUT2D eigenvalue weighted by molar-refractivity contribution is 5.96. The van der Waals surface area contributed by atoms with Crippen molar-refractivity contribution in [2.24, 2.45) is 13.0 Å². The van der Waals surface area contributed by atoms with E-state index in [1.165, 1.54) is 6.20 Å². The lowest BCUT2D eigenvalue weighted by molar-refractivity contribution is -0.385. The molecule has 1 aliphatic heterocycles. The topological polar surface area (TPSA) is 90.5 Å². The van der Waals surface area contributed by atoms with Crippen molar-refractivity contribution in [3.63, 3.8) is 0 Å². The van der Waals surface area contributed by atoms with Crippen molar-refractivity contribution in [2.75, 3.05) is 6.54 Å². The molecule has 2 aromatic heterocycles. The first-order chi connectivity index (χ1) is 13.4. The molecule has 0 radical (unpaired) electrons. The number of nitrogens with zero attached hydrogens (tertiary/aromatic N) is 4. The number of amides is 1. The molecule has 156 valence electrons. The Labute approximate surface area is 170 Å². The minimum Gasteiger partial charge on any atom is -0.444 e. The molecule has 0 N–H and O–H groups in total. The number of aromatic nitrogens is 2. The van der Waals surface area contributed by atoms with Crippen LogP contribution in [0.3, 0.4) is 0 Å². The van der Waals surface area contributed by atoms with Gasteiger partial charge in [0.25, 0.3) is 5.69 Å². The third-order valence-electron chi connectivity index (χ3n) is 5.27. The summed E-state index contributed by atoms with van der Waals surface area (Å²) in [7, 11) is 1.88. The lowest BCUT2D eigenvalue weighted by Crippen LogP contribution is -2.46. The Bertz CT molecular complexity index is 1020. The molecule has 0 fully saturated rings. The summed E-state index contributed by atoms with van der Waals surface area (Å²) in [5.41, 5.74) is 2.76. The number of nitro groups is 1. The van der Waals surface area contributed by atoms with E-state index in [0.717, 1.165) is 16.5 Å². The quantitative estimate of drug-likeness (QED) is 0.549. The maximum Gasteiger partial charge on any atom is 0.410 e. The van der Waals surface area contributed by atoms with Gasteiger partial charge in [-0.15, -0.1) is 0 Å². The second-order valence-corrected chi connectivity index (χ2v) is 8.77. The van der Waals surface area contributed by atoms with E-state index in [2.05, 4.69) is 4.98 Å². The van der Waals surface area contributed by atoms with Gasteiger partial charge in [-0.25, -0.2) is 9.78 Å². The largest absolute Gasteiger partial charge is 0.444 e. The first-order valence-corrected chi connectivity index (χ1v) is 9.71. The highest BCUT2D eigenvalue weighted by atomic mass is 16.6. The number of ether oxygens (including phenoxy) is 1. The number of carbonyl (C=O) groups excluding carboxylic acids is 1. The van der Waals surface area contributed by atoms with Gasteiger partial charge >= 0.3 is 6.09 Å². The molecule has 29 heavy (non-hydrogen) atoms. The zero-order valence-electron chi connectivity index (χ0n) is 18.0. The lowest BCUT2D eigenvalue weighted by Gasteiger charge is -2.37. The maximum absolute atomic E-state index is 12.6. The van der Waals surface area contributed by atoms with E-state index < -0.39 is 10.5 Å². The minimum absolute atomic E-state index is 0.0115. The highest BCUT2D eigenvalue weighted by Gasteiger charge is 2.33. The summed E-state index contributed by atoms with van der Waals surface area (Å²) in [6, 6.07) is -0.154. The number of pyridine rings is 1. The molecule has 0 spiro atoms. The molecule has 2 aromatic rings. The van der Waals surface area contributed by atoms with Gasteiger partial charge in [0.05, 0.1) is 11.0 Å². The van der Waals surface area contributed by atoms with Gasteiger partial charge in [0.1, 0.15) is 17.4 Å². The Balaban J connectivity index is 2.06. The second kappa shape index (κ2) is 7.17. The van der Waals surface area contributed by atoms with Crippen molar-refractivity contribution in [1.82, 2.24) is 14.5 Å². The van der Waals surface area contributed by atoms with Crippen LogP contribution < -0.4 is 0 Å². The van der Waals surface area contributed by atoms with Crippen molar-refractivity contribution < 1.29 is 14.5 Å². The van der Waals surface area contributed by atoms with E-state index in [9.17, 15) is 14.9 Å². The van der Waals surface area contributed by atoms with Crippen molar-refractivity contribution >= 4 is 28.4 Å². The van der Waals surface area contributed by atoms with Crippen LogP contribution in [-0.2, 0) is 11.8 Å². The Morgan fingerprint density at radius 3 is 2.59 bits per heavy atom. The molecule has 1 aliphatic rings. The van der Waals surface area contributed by atoms with Crippen molar-refractivity contribution in [3.8, 4) is 0 Å². The van der Waals surface area contributed by atoms with Gasteiger partial charge in [-0.2, -0.15) is 0 Å². The summed E-state index contributed by atoms with van der Waals surface area (Å²) in [5, 5.41) is 12.2. The molecule has 2 unspecified atom stereocenters. The molecule has 0 aliphatic carbocycles. The summed E-state index contributed by atoms with van der Waals surface area (Å²) >= 11 is 0. The van der Waals surface area contributed by atoms with Gasteiger partial charge in [0.2, 0.25) is 0 Å². The van der Waals surface area contributed by atoms with Gasteiger partial charge in [-0.05, 0) is 46.1 Å². The number of carbonyl (C=O) groups is 1. The molecular formula is C21H28N4O4. The predicted molar refractivity (Wildman–Crippen MR) is 112 cm³/mol. The average molecular weight is 400 g/mol. The SMILES string of the molecule is Cc1c([N+](=O)[O-])cnc2c1c(C1=CC(C)N(C(=O)OC(C)(C)C)CC1C)cn2C. The first kappa shape index (κ1) is 20.8. The predicted octanol–water partition coefficient (Wildman–Crippen LogP) is 4.45. The van der Waals surface area contributed by atoms with Gasteiger partial charge in [0.15, 0.2) is 0 Å². The van der Waals surface area contributed by atoms with E-state index >= 15 is 0 Å². The highest BCUT2D eigenvalue weighted by Crippen LogP contribution is 2.38. The number of hydrogen-bond acceptors (Lipinski definition) is 5. The molecule has 1 amide bonds. The molecule has 3 rings (SSSR count). The summed E-state index contributed by atoms with van der Waals surface area (Å²) in [6.07, 6.45) is 4.99. The monoisotopic (exact) mass is 400 g/mol. The number of hydrogen-bond donors (Lipinski definition) is 0. The molecule has 0 saturated heterocycles. The summed E-state index contributed by atoms with van der Waals surface area (Å²) in [6.45, 7) is 11.8. The van der Waals surface area contributed by atoms with E-state index in [-0.39, 0.29) is 23.7 Å². The van der Waals surface area contributed by atoms with Gasteiger partial charge in [-0.1, -0.05) is 13.0 Å². The van der Waals surface area contributed by atoms with Crippen molar-refractivity contribution in [1.29, 1.82) is 0 Å². The molecular weight excluding hydrogens is 372 g/mol. The van der Waals surface area contributed by atoms with Crippen LogP contribution in [-0.4, -0.2) is 43.7 Å². The van der Waals surface area contributed by atoms with Crippen LogP contribution in [0.4, 0.5) is 10.5 Å². The fourth-order valence-electron chi connectivity index (χ4n) is 3.88. The fourth-order valence-corrected chi connectivity index (χ4v) is 3.88. The maximum atomic E-state index is 12.6. The first-order valence-electron chi connectivity index (χ1n) is 9.71. The normalized spacial score (nSPS) is 20.0. The van der Waals surface area contributed by atoms with Crippen LogP contribution in [0.5, 0.6) is 0 Å². The molecule has 0 bridgehead atoms. The molecule has 0 aromatic carbocycles. The minimum atomic E-state index is -0.554. The molecule has 2 atom stereocenters. The van der Waals surface area contributed by atoms with Gasteiger partial charge in [-0.3, -0.25) is 10.1 Å². The zero-order chi connectivity index (χ0) is 21.7. The van der Waals surface area contributed by atoms with Crippen molar-refractivity contribution in [2.45, 2.75) is 53.2 Å². The molecule has 3 heterocycles. The molecule has 8 heteroatoms. The van der Waals surface area contributed by atoms with E-state index in [0.29, 0.717) is 17.8 Å². The summed E-state index contributed by atoms with van der Waals surface area (Å²) in [5.74, 6) is 0.0444. The van der Waals surface area contributed by atoms with Crippen LogP contribution in [0, 0.1) is 23.0 Å². The van der Waals surface area contributed by atoms with Crippen LogP contribution in [0.1, 0.15) is 45.7 Å². The Hall–Kier alpha value is -2.90. The van der Waals surface area contributed by atoms with Crippen LogP contribution in [0.2, 0.25) is 0 Å². The van der Waals surface area contributed by atoms with Gasteiger partial charge in [0, 0.05) is 36.3 Å². The Kier molecular flexibility index (Phi) is 5.15. The summed E-state index contributed by atoms with van der Waals surface area (Å²) < 4.78 is 7.43. The van der Waals surface area contributed by atoms with Crippen LogP contribution in [0.15, 0.2) is 18.5 Å². The molecule has 0 saturated carbocycles. The third kappa shape index (κ3) is 3.83. The zero-order valence-corrected chi connectivity index (χ0v) is 18.0. The Morgan fingerprint density at radius 2 is 2.00 bits per heavy atom. The Morgan fingerprint density at radius 1 is 1.34 bits per heavy atom. The van der Waals surface area contributed by atoms with Crippen LogP contribution >= 0.6 is 0 Å². The lowest BCUT2D eigenvalue weighted by atomic mass is 9.87. The fraction of sp³-hybridized carbons (Fsp3) is 0.524. The number of aryl methyl sites for hydroxylation is 2. The van der Waals surface area contributed by atoms with E-state index in [4.69, 9.17) is 4.74 Å². The second-order valence-electron chi connectivity index (χ2n) is 8.77. The third-order valence-corrected chi connectivity index (χ3v) is 5.27. The van der Waals surface area contributed by atoms with Crippen LogP contribution in [0.25, 0.3) is 16.6 Å². The number of rotatable bonds is 2. The summed E-state index contributed by atoms with van der Waals surface area (Å²) in [4.78, 5) is 29.6. The smallest absolute Gasteiger partial charge is 0.410 e. The van der Waals surface area contributed by atoms with E-state index in [1.807, 2.05) is 58.5 Å². The average Bonchev–Trinajstić information content (AvgIpc) is 2.92. The van der Waals surface area contributed by atoms with Crippen molar-refractivity contribution in [3.05, 3.63) is 39.7 Å². The van der Waals surface area contributed by atoms with E-state index in [1.54, 1.807) is 11.8 Å². The van der Waals surface area contributed by atoms with Gasteiger partial charge < -0.3 is 14.2 Å².